The molecule has 2 aliphatic rings. The van der Waals surface area contributed by atoms with Crippen LogP contribution in [-0.4, -0.2) is 73.6 Å². The summed E-state index contributed by atoms with van der Waals surface area (Å²) in [7, 11) is 1.18. The summed E-state index contributed by atoms with van der Waals surface area (Å²) in [6.45, 7) is 4.59. The number of methoxy groups -OCH3 is 1. The molecule has 0 spiro atoms. The zero-order valence-electron chi connectivity index (χ0n) is 32.7. The summed E-state index contributed by atoms with van der Waals surface area (Å²) in [5.74, 6) is -3.49. The van der Waals surface area contributed by atoms with Gasteiger partial charge in [-0.3, -0.25) is 19.7 Å². The number of non-ortho nitro benzene ring substituents is 1. The summed E-state index contributed by atoms with van der Waals surface area (Å²) in [4.78, 5) is 73.9. The average Bonchev–Trinajstić information content (AvgIpc) is 3.55. The molecule has 59 heavy (non-hydrogen) atoms. The Morgan fingerprint density at radius 1 is 0.847 bits per heavy atom. The Morgan fingerprint density at radius 2 is 1.51 bits per heavy atom. The van der Waals surface area contributed by atoms with Gasteiger partial charge in [0.15, 0.2) is 6.10 Å². The second-order valence-corrected chi connectivity index (χ2v) is 14.1. The Morgan fingerprint density at radius 3 is 2.14 bits per heavy atom. The van der Waals surface area contributed by atoms with Gasteiger partial charge in [0.05, 0.1) is 23.3 Å². The largest absolute Gasteiger partial charge is 0.467 e. The fourth-order valence-electron chi connectivity index (χ4n) is 7.05. The highest BCUT2D eigenvalue weighted by atomic mass is 16.7. The zero-order chi connectivity index (χ0) is 42.2. The minimum atomic E-state index is -1.31. The van der Waals surface area contributed by atoms with Gasteiger partial charge in [0.2, 0.25) is 12.2 Å². The van der Waals surface area contributed by atoms with Gasteiger partial charge in [-0.1, -0.05) is 68.4 Å². The number of hydrogen-bond donors (Lipinski definition) is 2. The Labute approximate surface area is 339 Å². The van der Waals surface area contributed by atoms with E-state index < -0.39 is 65.2 Å². The van der Waals surface area contributed by atoms with Crippen LogP contribution < -0.4 is 15.4 Å². The molecule has 4 aromatic carbocycles. The lowest BCUT2D eigenvalue weighted by molar-refractivity contribution is -0.384. The number of ether oxygens (including phenoxy) is 6. The first kappa shape index (κ1) is 41.8. The molecule has 1 saturated heterocycles. The van der Waals surface area contributed by atoms with Crippen molar-refractivity contribution in [2.75, 3.05) is 25.6 Å². The highest BCUT2D eigenvalue weighted by Gasteiger charge is 2.48. The van der Waals surface area contributed by atoms with E-state index in [0.717, 1.165) is 22.3 Å². The maximum absolute atomic E-state index is 13.3. The molecule has 308 valence electrons. The third-order valence-corrected chi connectivity index (χ3v) is 10.3. The second kappa shape index (κ2) is 18.6. The lowest BCUT2D eigenvalue weighted by Gasteiger charge is -2.42. The van der Waals surface area contributed by atoms with Gasteiger partial charge in [-0.05, 0) is 52.1 Å². The smallest absolute Gasteiger partial charge is 0.407 e. The zero-order valence-corrected chi connectivity index (χ0v) is 32.7. The van der Waals surface area contributed by atoms with Crippen LogP contribution in [-0.2, 0) is 44.7 Å². The van der Waals surface area contributed by atoms with Gasteiger partial charge in [0.25, 0.3) is 5.69 Å². The molecule has 6 rings (SSSR count). The first-order chi connectivity index (χ1) is 28.3. The summed E-state index contributed by atoms with van der Waals surface area (Å²) in [6.07, 6.45) is -4.18. The van der Waals surface area contributed by atoms with E-state index in [1.807, 2.05) is 48.5 Å². The number of carbonyl (C=O) groups excluding carboxylic acids is 5. The van der Waals surface area contributed by atoms with Crippen molar-refractivity contribution >= 4 is 41.3 Å². The summed E-state index contributed by atoms with van der Waals surface area (Å²) < 4.78 is 33.6. The molecule has 16 nitrogen and oxygen atoms in total. The van der Waals surface area contributed by atoms with E-state index in [2.05, 4.69) is 10.6 Å². The number of esters is 3. The normalized spacial score (nSPS) is 19.3. The van der Waals surface area contributed by atoms with Crippen molar-refractivity contribution in [3.05, 3.63) is 123 Å². The van der Waals surface area contributed by atoms with Crippen molar-refractivity contribution in [1.29, 1.82) is 0 Å². The van der Waals surface area contributed by atoms with E-state index >= 15 is 0 Å². The number of hydrogen-bond acceptors (Lipinski definition) is 13. The Bertz CT molecular complexity index is 2180. The number of nitro groups is 1. The molecular formula is C43H43N3O13. The van der Waals surface area contributed by atoms with Crippen molar-refractivity contribution in [2.24, 2.45) is 11.8 Å². The first-order valence-corrected chi connectivity index (χ1v) is 18.8. The maximum Gasteiger partial charge on any atom is 0.407 e. The molecule has 1 aliphatic carbocycles. The van der Waals surface area contributed by atoms with Gasteiger partial charge >= 0.3 is 24.0 Å². The molecule has 0 bridgehead atoms. The number of nitrogens with zero attached hydrogens (tertiary/aromatic N) is 1. The first-order valence-electron chi connectivity index (χ1n) is 18.8. The second-order valence-electron chi connectivity index (χ2n) is 14.1. The number of nitrogens with one attached hydrogen (secondary N) is 2. The van der Waals surface area contributed by atoms with Crippen LogP contribution in [0.1, 0.15) is 60.2 Å². The lowest BCUT2D eigenvalue weighted by Crippen LogP contribution is -2.55. The highest BCUT2D eigenvalue weighted by molar-refractivity contribution is 5.93. The van der Waals surface area contributed by atoms with Crippen LogP contribution in [0.2, 0.25) is 0 Å². The molecule has 5 atom stereocenters. The summed E-state index contributed by atoms with van der Waals surface area (Å²) in [5, 5.41) is 16.4. The van der Waals surface area contributed by atoms with Crippen molar-refractivity contribution in [3.63, 3.8) is 0 Å². The average molecular weight is 810 g/mol. The van der Waals surface area contributed by atoms with Gasteiger partial charge in [-0.25, -0.2) is 14.4 Å². The van der Waals surface area contributed by atoms with Gasteiger partial charge in [0, 0.05) is 49.8 Å². The molecule has 4 aromatic rings. The van der Waals surface area contributed by atoms with Crippen LogP contribution in [0.4, 0.5) is 16.2 Å². The SMILES string of the molecule is COC(=O)[C@H]1O[C@@H](Oc2ccc(COC(=O)c3ccc([N+](=O)[O-])cc3)cc2NC(=O)CCNC(=O)OCC2c3ccccc3-c3ccccc32)[C@H](C)[C@@H](C)[C@@H]1OC(C)=O. The van der Waals surface area contributed by atoms with Crippen molar-refractivity contribution in [2.45, 2.75) is 58.2 Å². The number of rotatable bonds is 14. The molecule has 1 heterocycles. The third-order valence-electron chi connectivity index (χ3n) is 10.3. The molecule has 2 amide bonds. The topological polar surface area (TPSA) is 208 Å². The molecule has 0 unspecified atom stereocenters. The number of anilines is 1. The molecule has 16 heteroatoms. The minimum absolute atomic E-state index is 0.0656. The van der Waals surface area contributed by atoms with Crippen LogP contribution >= 0.6 is 0 Å². The van der Waals surface area contributed by atoms with Crippen LogP contribution in [0.25, 0.3) is 11.1 Å². The highest BCUT2D eigenvalue weighted by Crippen LogP contribution is 2.44. The van der Waals surface area contributed by atoms with Crippen LogP contribution in [0.5, 0.6) is 5.75 Å². The standard InChI is InChI=1S/C43H43N3O13/c1-24-25(2)42(59-39(41(50)54-4)38(24)57-26(3)47)58-36-18-13-27(22-55-40(49)28-14-16-29(17-15-28)46(52)53)21-35(36)45-37(48)19-20-44-43(51)56-23-34-32-11-7-5-9-30(32)31-10-6-8-12-33(31)34/h5-18,21,24-25,34,38-39,42H,19-20,22-23H2,1-4H3,(H,44,51)(H,45,48)/t24-,25-,38+,39+,42-/m1/s1. The van der Waals surface area contributed by atoms with Crippen molar-refractivity contribution in [1.82, 2.24) is 5.32 Å². The number of alkyl carbamates (subject to hydrolysis) is 1. The van der Waals surface area contributed by atoms with Gasteiger partial charge in [-0.2, -0.15) is 0 Å². The van der Waals surface area contributed by atoms with E-state index in [4.69, 9.17) is 28.4 Å². The molecule has 1 fully saturated rings. The minimum Gasteiger partial charge on any atom is -0.467 e. The number of fused-ring (bicyclic) bond motifs is 3. The van der Waals surface area contributed by atoms with Gasteiger partial charge < -0.3 is 39.1 Å². The summed E-state index contributed by atoms with van der Waals surface area (Å²) in [6, 6.07) is 25.5. The van der Waals surface area contributed by atoms with Crippen LogP contribution in [0.15, 0.2) is 91.0 Å². The maximum atomic E-state index is 13.3. The van der Waals surface area contributed by atoms with E-state index in [1.165, 1.54) is 50.4 Å². The molecule has 0 saturated carbocycles. The quantitative estimate of drug-likeness (QED) is 0.0621. The van der Waals surface area contributed by atoms with E-state index in [1.54, 1.807) is 19.9 Å². The molecule has 0 radical (unpaired) electrons. The van der Waals surface area contributed by atoms with Gasteiger partial charge in [-0.15, -0.1) is 0 Å². The Balaban J connectivity index is 1.12. The predicted molar refractivity (Wildman–Crippen MR) is 210 cm³/mol. The van der Waals surface area contributed by atoms with Crippen molar-refractivity contribution in [3.8, 4) is 16.9 Å². The third kappa shape index (κ3) is 9.84. The summed E-state index contributed by atoms with van der Waals surface area (Å²) >= 11 is 0. The Kier molecular flexibility index (Phi) is 13.2. The molecule has 1 aliphatic heterocycles. The van der Waals surface area contributed by atoms with E-state index in [-0.39, 0.29) is 54.8 Å². The number of amides is 2. The number of carbonyl (C=O) groups is 5. The molecule has 0 aromatic heterocycles. The van der Waals surface area contributed by atoms with Crippen LogP contribution in [0.3, 0.4) is 0 Å². The lowest BCUT2D eigenvalue weighted by atomic mass is 9.84. The van der Waals surface area contributed by atoms with Crippen LogP contribution in [0, 0.1) is 22.0 Å². The monoisotopic (exact) mass is 809 g/mol. The molecule has 2 N–H and O–H groups in total. The number of nitro benzene ring substituents is 1. The molecular weight excluding hydrogens is 766 g/mol. The van der Waals surface area contributed by atoms with E-state index in [9.17, 15) is 34.1 Å². The summed E-state index contributed by atoms with van der Waals surface area (Å²) in [5.41, 5.74) is 4.82. The predicted octanol–water partition coefficient (Wildman–Crippen LogP) is 6.30. The fraction of sp³-hybridized carbons (Fsp3) is 0.326. The Hall–Kier alpha value is -6.81. The van der Waals surface area contributed by atoms with Gasteiger partial charge in [0.1, 0.15) is 25.1 Å². The van der Waals surface area contributed by atoms with E-state index in [0.29, 0.717) is 5.56 Å². The fourth-order valence-corrected chi connectivity index (χ4v) is 7.05. The van der Waals surface area contributed by atoms with Crippen molar-refractivity contribution < 1.29 is 57.3 Å². The number of benzene rings is 4.